The van der Waals surface area contributed by atoms with Crippen LogP contribution in [0.4, 0.5) is 5.69 Å². The lowest BCUT2D eigenvalue weighted by molar-refractivity contribution is -0.132. The molecule has 0 aromatic heterocycles. The van der Waals surface area contributed by atoms with Crippen LogP contribution in [0.1, 0.15) is 11.5 Å². The van der Waals surface area contributed by atoms with Crippen LogP contribution in [-0.4, -0.2) is 44.4 Å². The van der Waals surface area contributed by atoms with Crippen molar-refractivity contribution in [1.82, 2.24) is 0 Å². The van der Waals surface area contributed by atoms with Crippen molar-refractivity contribution in [3.63, 3.8) is 0 Å². The number of hydrogen-bond donors (Lipinski definition) is 1. The van der Waals surface area contributed by atoms with Crippen molar-refractivity contribution in [2.24, 2.45) is 11.7 Å². The van der Waals surface area contributed by atoms with Gasteiger partial charge in [0.15, 0.2) is 11.5 Å². The van der Waals surface area contributed by atoms with Crippen molar-refractivity contribution >= 4 is 35.2 Å². The Hall–Kier alpha value is -3.66. The molecule has 3 aliphatic heterocycles. The summed E-state index contributed by atoms with van der Waals surface area (Å²) < 4.78 is 21.6. The molecule has 3 unspecified atom stereocenters. The third kappa shape index (κ3) is 2.97. The fourth-order valence-corrected chi connectivity index (χ4v) is 5.86. The first-order valence-corrected chi connectivity index (χ1v) is 10.9. The molecule has 9 nitrogen and oxygen atoms in total. The second-order valence-corrected chi connectivity index (χ2v) is 8.82. The summed E-state index contributed by atoms with van der Waals surface area (Å²) in [5.74, 6) is -1.77. The lowest BCUT2D eigenvalue weighted by atomic mass is 9.77. The van der Waals surface area contributed by atoms with E-state index in [0.29, 0.717) is 22.8 Å². The van der Waals surface area contributed by atoms with Crippen LogP contribution in [0.5, 0.6) is 23.0 Å². The first-order chi connectivity index (χ1) is 15.9. The number of methoxy groups -OCH3 is 3. The highest BCUT2D eigenvalue weighted by molar-refractivity contribution is 8.04. The molecule has 0 aliphatic carbocycles. The third-order valence-electron chi connectivity index (χ3n) is 6.09. The summed E-state index contributed by atoms with van der Waals surface area (Å²) in [6.07, 6.45) is 0. The number of benzene rings is 2. The van der Waals surface area contributed by atoms with Gasteiger partial charge in [-0.05, 0) is 18.2 Å². The molecule has 170 valence electrons. The number of nitrogens with zero attached hydrogens (tertiary/aromatic N) is 1. The van der Waals surface area contributed by atoms with Crippen molar-refractivity contribution in [3.05, 3.63) is 52.6 Å². The number of carbonyl (C=O) groups excluding carboxylic acids is 3. The van der Waals surface area contributed by atoms with Crippen LogP contribution in [0.15, 0.2) is 47.0 Å². The molecule has 2 aromatic carbocycles. The quantitative estimate of drug-likeness (QED) is 0.409. The minimum atomic E-state index is -0.862. The van der Waals surface area contributed by atoms with Crippen LogP contribution in [0.2, 0.25) is 0 Å². The Morgan fingerprint density at radius 3 is 2.42 bits per heavy atom. The second-order valence-electron chi connectivity index (χ2n) is 7.64. The maximum absolute atomic E-state index is 13.8. The van der Waals surface area contributed by atoms with E-state index in [4.69, 9.17) is 24.7 Å². The summed E-state index contributed by atoms with van der Waals surface area (Å²) in [5.41, 5.74) is 7.27. The van der Waals surface area contributed by atoms with E-state index in [2.05, 4.69) is 0 Å². The minimum Gasteiger partial charge on any atom is -0.497 e. The minimum absolute atomic E-state index is 0.167. The van der Waals surface area contributed by atoms with E-state index in [9.17, 15) is 14.4 Å². The van der Waals surface area contributed by atoms with Gasteiger partial charge < -0.3 is 24.7 Å². The number of ether oxygens (including phenoxy) is 4. The van der Waals surface area contributed by atoms with Gasteiger partial charge >= 0.3 is 5.97 Å². The number of anilines is 1. The predicted octanol–water partition coefficient (Wildman–Crippen LogP) is 2.19. The average molecular weight is 468 g/mol. The Labute approximate surface area is 193 Å². The monoisotopic (exact) mass is 468 g/mol. The molecule has 33 heavy (non-hydrogen) atoms. The highest BCUT2D eigenvalue weighted by atomic mass is 32.2. The molecule has 2 aromatic rings. The van der Waals surface area contributed by atoms with Gasteiger partial charge in [-0.15, -0.1) is 0 Å². The normalized spacial score (nSPS) is 23.5. The molecule has 2 amide bonds. The van der Waals surface area contributed by atoms with Gasteiger partial charge in [0.25, 0.3) is 0 Å². The third-order valence-corrected chi connectivity index (χ3v) is 7.31. The molecule has 3 aliphatic rings. The molecular formula is C23H20N2O7S. The van der Waals surface area contributed by atoms with E-state index < -0.39 is 34.9 Å². The zero-order valence-electron chi connectivity index (χ0n) is 18.0. The van der Waals surface area contributed by atoms with Crippen LogP contribution in [0.3, 0.4) is 0 Å². The van der Waals surface area contributed by atoms with Crippen LogP contribution in [-0.2, 0) is 14.4 Å². The molecule has 1 fully saturated rings. The number of amides is 2. The summed E-state index contributed by atoms with van der Waals surface area (Å²) in [7, 11) is 4.41. The summed E-state index contributed by atoms with van der Waals surface area (Å²) >= 11 is 1.01. The molecule has 5 rings (SSSR count). The fourth-order valence-electron chi connectivity index (χ4n) is 4.62. The first kappa shape index (κ1) is 21.2. The smallest absolute Gasteiger partial charge is 0.342 e. The largest absolute Gasteiger partial charge is 0.497 e. The van der Waals surface area contributed by atoms with Gasteiger partial charge in [0.2, 0.25) is 11.8 Å². The summed E-state index contributed by atoms with van der Waals surface area (Å²) in [5, 5.41) is -0.646. The van der Waals surface area contributed by atoms with Gasteiger partial charge in [0.1, 0.15) is 16.7 Å². The highest BCUT2D eigenvalue weighted by Gasteiger charge is 2.59. The zero-order chi connectivity index (χ0) is 23.4. The Morgan fingerprint density at radius 2 is 1.73 bits per heavy atom. The number of rotatable bonds is 4. The molecule has 0 saturated carbocycles. The number of imide groups is 1. The van der Waals surface area contributed by atoms with Crippen LogP contribution >= 0.6 is 11.8 Å². The van der Waals surface area contributed by atoms with Gasteiger partial charge in [-0.1, -0.05) is 23.9 Å². The summed E-state index contributed by atoms with van der Waals surface area (Å²) in [6.45, 7) is 0. The number of esters is 1. The van der Waals surface area contributed by atoms with Gasteiger partial charge in [-0.2, -0.15) is 0 Å². The average Bonchev–Trinajstić information content (AvgIpc) is 3.07. The van der Waals surface area contributed by atoms with E-state index in [1.165, 1.54) is 21.3 Å². The van der Waals surface area contributed by atoms with E-state index in [1.807, 2.05) is 0 Å². The van der Waals surface area contributed by atoms with Crippen LogP contribution in [0, 0.1) is 5.92 Å². The van der Waals surface area contributed by atoms with Crippen molar-refractivity contribution in [1.29, 1.82) is 0 Å². The number of carbonyl (C=O) groups is 3. The second kappa shape index (κ2) is 7.73. The number of nitrogens with two attached hydrogens (primary N) is 1. The fraction of sp³-hybridized carbons (Fsp3) is 0.261. The molecule has 3 atom stereocenters. The predicted molar refractivity (Wildman–Crippen MR) is 119 cm³/mol. The first-order valence-electron chi connectivity index (χ1n) is 10.1. The van der Waals surface area contributed by atoms with Gasteiger partial charge in [0.05, 0.1) is 43.5 Å². The van der Waals surface area contributed by atoms with Crippen molar-refractivity contribution < 1.29 is 33.3 Å². The Kier molecular flexibility index (Phi) is 4.97. The Bertz CT molecular complexity index is 1240. The molecule has 2 N–H and O–H groups in total. The lowest BCUT2D eigenvalue weighted by Crippen LogP contribution is -2.39. The van der Waals surface area contributed by atoms with Crippen LogP contribution in [0.25, 0.3) is 0 Å². The summed E-state index contributed by atoms with van der Waals surface area (Å²) in [6, 6.07) is 10.0. The number of fused-ring (bicyclic) bond motifs is 5. The highest BCUT2D eigenvalue weighted by Crippen LogP contribution is 2.56. The van der Waals surface area contributed by atoms with Crippen molar-refractivity contribution in [3.8, 4) is 23.0 Å². The van der Waals surface area contributed by atoms with E-state index in [1.54, 1.807) is 36.4 Å². The molecule has 0 bridgehead atoms. The SMILES string of the molecule is COc1ccc(OC)c(N2C(=O)C3SC(N)=C4C(=O)Oc5c(OC)cccc5C4C3C2=O)c1. The van der Waals surface area contributed by atoms with Crippen LogP contribution < -0.4 is 29.6 Å². The van der Waals surface area contributed by atoms with Gasteiger partial charge in [0, 0.05) is 17.5 Å². The summed E-state index contributed by atoms with van der Waals surface area (Å²) in [4.78, 5) is 41.3. The van der Waals surface area contributed by atoms with E-state index in [-0.39, 0.29) is 22.0 Å². The molecule has 10 heteroatoms. The Balaban J connectivity index is 1.67. The van der Waals surface area contributed by atoms with Crippen molar-refractivity contribution in [2.45, 2.75) is 11.2 Å². The molecular weight excluding hydrogens is 448 g/mol. The Morgan fingerprint density at radius 1 is 0.970 bits per heavy atom. The maximum atomic E-state index is 13.8. The van der Waals surface area contributed by atoms with Gasteiger partial charge in [-0.3, -0.25) is 9.59 Å². The van der Waals surface area contributed by atoms with Crippen molar-refractivity contribution in [2.75, 3.05) is 26.2 Å². The lowest BCUT2D eigenvalue weighted by Gasteiger charge is -2.36. The number of thioether (sulfide) groups is 1. The number of para-hydroxylation sites is 1. The standard InChI is InChI=1S/C23H20N2O7S/c1-29-10-7-8-13(30-2)12(9-10)25-21(26)16-15-11-5-4-6-14(31-3)18(11)32-23(28)17(15)20(24)33-19(16)22(25)27/h4-9,15-16,19H,24H2,1-3H3. The number of hydrogen-bond acceptors (Lipinski definition) is 9. The molecule has 0 radical (unpaired) electrons. The maximum Gasteiger partial charge on any atom is 0.342 e. The molecule has 3 heterocycles. The van der Waals surface area contributed by atoms with Gasteiger partial charge in [-0.25, -0.2) is 9.69 Å². The van der Waals surface area contributed by atoms with E-state index in [0.717, 1.165) is 16.7 Å². The molecule has 0 spiro atoms. The van der Waals surface area contributed by atoms with E-state index >= 15 is 0 Å². The molecule has 1 saturated heterocycles. The topological polar surface area (TPSA) is 117 Å². The zero-order valence-corrected chi connectivity index (χ0v) is 18.8.